The molecule has 0 saturated heterocycles. The van der Waals surface area contributed by atoms with Crippen LogP contribution in [-0.4, -0.2) is 34.3 Å². The summed E-state index contributed by atoms with van der Waals surface area (Å²) in [5, 5.41) is 9.18. The fourth-order valence-electron chi connectivity index (χ4n) is 1.99. The van der Waals surface area contributed by atoms with E-state index in [4.69, 9.17) is 0 Å². The van der Waals surface area contributed by atoms with Crippen molar-refractivity contribution in [3.63, 3.8) is 0 Å². The minimum atomic E-state index is 0.124. The van der Waals surface area contributed by atoms with E-state index in [1.165, 1.54) is 0 Å². The van der Waals surface area contributed by atoms with Crippen LogP contribution >= 0.6 is 15.9 Å². The maximum atomic E-state index is 9.18. The molecule has 1 N–H and O–H groups in total. The lowest BCUT2D eigenvalue weighted by atomic mass is 10.2. The van der Waals surface area contributed by atoms with E-state index < -0.39 is 0 Å². The quantitative estimate of drug-likeness (QED) is 0.943. The molecule has 0 saturated carbocycles. The minimum absolute atomic E-state index is 0.124. The number of rotatable bonds is 4. The predicted molar refractivity (Wildman–Crippen MR) is 76.8 cm³/mol. The van der Waals surface area contributed by atoms with Crippen molar-refractivity contribution in [1.29, 1.82) is 0 Å². The fourth-order valence-corrected chi connectivity index (χ4v) is 2.31. The molecule has 4 nitrogen and oxygen atoms in total. The van der Waals surface area contributed by atoms with Crippen molar-refractivity contribution in [2.75, 3.05) is 18.1 Å². The molecule has 0 aromatic carbocycles. The van der Waals surface area contributed by atoms with E-state index in [0.717, 1.165) is 21.2 Å². The molecule has 18 heavy (non-hydrogen) atoms. The molecule has 0 spiro atoms. The summed E-state index contributed by atoms with van der Waals surface area (Å²) >= 11 is 3.40. The Hall–Kier alpha value is -1.20. The van der Waals surface area contributed by atoms with Crippen LogP contribution in [-0.2, 0) is 0 Å². The second-order valence-electron chi connectivity index (χ2n) is 4.36. The number of nitrogens with zero attached hydrogens (tertiary/aromatic N) is 3. The minimum Gasteiger partial charge on any atom is -0.395 e. The van der Waals surface area contributed by atoms with E-state index in [1.54, 1.807) is 12.4 Å². The second-order valence-corrected chi connectivity index (χ2v) is 5.28. The number of aliphatic hydroxyl groups is 1. The van der Waals surface area contributed by atoms with Gasteiger partial charge in [0.05, 0.1) is 17.8 Å². The summed E-state index contributed by atoms with van der Waals surface area (Å²) in [6.45, 7) is 4.91. The number of hydrogen-bond donors (Lipinski definition) is 1. The molecule has 0 aliphatic heterocycles. The Morgan fingerprint density at radius 1 is 1.39 bits per heavy atom. The number of anilines is 1. The fraction of sp³-hybridized carbons (Fsp3) is 0.385. The number of aromatic nitrogens is 2. The molecular formula is C13H16BrN3O. The van der Waals surface area contributed by atoms with Gasteiger partial charge in [-0.2, -0.15) is 0 Å². The van der Waals surface area contributed by atoms with E-state index in [2.05, 4.69) is 44.6 Å². The number of halogens is 1. The molecule has 2 aromatic heterocycles. The highest BCUT2D eigenvalue weighted by Crippen LogP contribution is 2.26. The normalized spacial score (nSPS) is 11.2. The average Bonchev–Trinajstić information content (AvgIpc) is 2.34. The van der Waals surface area contributed by atoms with Gasteiger partial charge in [-0.25, -0.2) is 0 Å². The first kappa shape index (κ1) is 13.2. The van der Waals surface area contributed by atoms with Crippen molar-refractivity contribution in [2.24, 2.45) is 0 Å². The average molecular weight is 310 g/mol. The lowest BCUT2D eigenvalue weighted by Crippen LogP contribution is -2.33. The molecule has 0 aliphatic rings. The van der Waals surface area contributed by atoms with Gasteiger partial charge in [-0.1, -0.05) is 0 Å². The number of fused-ring (bicyclic) bond motifs is 1. The summed E-state index contributed by atoms with van der Waals surface area (Å²) < 4.78 is 0.915. The van der Waals surface area contributed by atoms with Crippen molar-refractivity contribution in [3.8, 4) is 0 Å². The number of hydrogen-bond acceptors (Lipinski definition) is 4. The molecule has 0 fully saturated rings. The zero-order chi connectivity index (χ0) is 13.1. The van der Waals surface area contributed by atoms with E-state index in [-0.39, 0.29) is 6.61 Å². The third-order valence-corrected chi connectivity index (χ3v) is 3.23. The third-order valence-electron chi connectivity index (χ3n) is 2.80. The highest BCUT2D eigenvalue weighted by atomic mass is 79.9. The first-order valence-electron chi connectivity index (χ1n) is 5.91. The first-order chi connectivity index (χ1) is 8.63. The largest absolute Gasteiger partial charge is 0.395 e. The zero-order valence-corrected chi connectivity index (χ0v) is 12.1. The maximum Gasteiger partial charge on any atom is 0.112 e. The van der Waals surface area contributed by atoms with E-state index in [0.29, 0.717) is 12.6 Å². The van der Waals surface area contributed by atoms with Gasteiger partial charge < -0.3 is 10.0 Å². The van der Waals surface area contributed by atoms with Crippen LogP contribution in [0.2, 0.25) is 0 Å². The SMILES string of the molecule is CC(C)N(CCO)c1ccnc2cc(Br)cnc12. The van der Waals surface area contributed by atoms with Crippen molar-refractivity contribution in [2.45, 2.75) is 19.9 Å². The molecule has 0 aliphatic carbocycles. The van der Waals surface area contributed by atoms with Crippen molar-refractivity contribution >= 4 is 32.7 Å². The van der Waals surface area contributed by atoms with Crippen LogP contribution in [0.4, 0.5) is 5.69 Å². The Labute approximate surface area is 115 Å². The van der Waals surface area contributed by atoms with Gasteiger partial charge in [-0.15, -0.1) is 0 Å². The molecule has 96 valence electrons. The Kier molecular flexibility index (Phi) is 4.14. The molecule has 0 bridgehead atoms. The van der Waals surface area contributed by atoms with Crippen molar-refractivity contribution < 1.29 is 5.11 Å². The summed E-state index contributed by atoms with van der Waals surface area (Å²) in [6.07, 6.45) is 3.55. The molecule has 5 heteroatoms. The lowest BCUT2D eigenvalue weighted by molar-refractivity contribution is 0.299. The molecule has 0 radical (unpaired) electrons. The van der Waals surface area contributed by atoms with Gasteiger partial charge in [0.25, 0.3) is 0 Å². The van der Waals surface area contributed by atoms with Crippen LogP contribution in [0.3, 0.4) is 0 Å². The maximum absolute atomic E-state index is 9.18. The highest BCUT2D eigenvalue weighted by Gasteiger charge is 2.14. The van der Waals surface area contributed by atoms with Crippen LogP contribution in [0, 0.1) is 0 Å². The van der Waals surface area contributed by atoms with Crippen molar-refractivity contribution in [1.82, 2.24) is 9.97 Å². The molecule has 2 aromatic rings. The molecule has 2 rings (SSSR count). The second kappa shape index (κ2) is 5.63. The van der Waals surface area contributed by atoms with E-state index in [9.17, 15) is 5.11 Å². The van der Waals surface area contributed by atoms with Gasteiger partial charge in [-0.05, 0) is 41.9 Å². The van der Waals surface area contributed by atoms with Gasteiger partial charge in [-0.3, -0.25) is 9.97 Å². The monoisotopic (exact) mass is 309 g/mol. The zero-order valence-electron chi connectivity index (χ0n) is 10.5. The van der Waals surface area contributed by atoms with Crippen LogP contribution in [0.1, 0.15) is 13.8 Å². The standard InChI is InChI=1S/C13H16BrN3O/c1-9(2)17(5-6-18)12-3-4-15-11-7-10(14)8-16-13(11)12/h3-4,7-9,18H,5-6H2,1-2H3. The van der Waals surface area contributed by atoms with Crippen molar-refractivity contribution in [3.05, 3.63) is 29.0 Å². The predicted octanol–water partition coefficient (Wildman–Crippen LogP) is 2.60. The summed E-state index contributed by atoms with van der Waals surface area (Å²) in [5.74, 6) is 0. The van der Waals surface area contributed by atoms with Gasteiger partial charge >= 0.3 is 0 Å². The van der Waals surface area contributed by atoms with Gasteiger partial charge in [0.15, 0.2) is 0 Å². The van der Waals surface area contributed by atoms with Crippen LogP contribution in [0.5, 0.6) is 0 Å². The summed E-state index contributed by atoms with van der Waals surface area (Å²) in [4.78, 5) is 10.9. The topological polar surface area (TPSA) is 49.2 Å². The Bertz CT molecular complexity index is 545. The lowest BCUT2D eigenvalue weighted by Gasteiger charge is -2.28. The third kappa shape index (κ3) is 2.62. The Morgan fingerprint density at radius 2 is 2.17 bits per heavy atom. The van der Waals surface area contributed by atoms with E-state index in [1.807, 2.05) is 12.1 Å². The summed E-state index contributed by atoms with van der Waals surface area (Å²) in [5.41, 5.74) is 2.73. The smallest absolute Gasteiger partial charge is 0.112 e. The highest BCUT2D eigenvalue weighted by molar-refractivity contribution is 9.10. The number of pyridine rings is 2. The molecular weight excluding hydrogens is 294 g/mol. The molecule has 0 unspecified atom stereocenters. The number of aliphatic hydroxyl groups excluding tert-OH is 1. The first-order valence-corrected chi connectivity index (χ1v) is 6.70. The summed E-state index contributed by atoms with van der Waals surface area (Å²) in [7, 11) is 0. The summed E-state index contributed by atoms with van der Waals surface area (Å²) in [6, 6.07) is 4.19. The van der Waals surface area contributed by atoms with Gasteiger partial charge in [0.1, 0.15) is 5.52 Å². The van der Waals surface area contributed by atoms with Crippen LogP contribution < -0.4 is 4.90 Å². The Balaban J connectivity index is 2.55. The molecule has 0 amide bonds. The van der Waals surface area contributed by atoms with Crippen LogP contribution in [0.25, 0.3) is 11.0 Å². The van der Waals surface area contributed by atoms with E-state index >= 15 is 0 Å². The molecule has 0 atom stereocenters. The van der Waals surface area contributed by atoms with Gasteiger partial charge in [0, 0.05) is 29.5 Å². The Morgan fingerprint density at radius 3 is 2.83 bits per heavy atom. The molecule has 2 heterocycles. The van der Waals surface area contributed by atoms with Crippen LogP contribution in [0.15, 0.2) is 29.0 Å². The van der Waals surface area contributed by atoms with Gasteiger partial charge in [0.2, 0.25) is 0 Å².